The SMILES string of the molecule is O=C(C1CCC1)N1C[C@H]2CN[C@H](C2)C1. The summed E-state index contributed by atoms with van der Waals surface area (Å²) in [6.45, 7) is 3.10. The molecule has 1 aliphatic carbocycles. The van der Waals surface area contributed by atoms with Crippen LogP contribution in [0.15, 0.2) is 0 Å². The van der Waals surface area contributed by atoms with Gasteiger partial charge in [0.2, 0.25) is 5.91 Å². The van der Waals surface area contributed by atoms with Crippen LogP contribution in [-0.4, -0.2) is 36.5 Å². The molecule has 0 radical (unpaired) electrons. The van der Waals surface area contributed by atoms with E-state index in [1.54, 1.807) is 0 Å². The van der Waals surface area contributed by atoms with Gasteiger partial charge in [0.05, 0.1) is 0 Å². The van der Waals surface area contributed by atoms with Gasteiger partial charge in [0.1, 0.15) is 0 Å². The number of carbonyl (C=O) groups excluding carboxylic acids is 1. The first kappa shape index (κ1) is 8.72. The van der Waals surface area contributed by atoms with E-state index in [9.17, 15) is 4.79 Å². The van der Waals surface area contributed by atoms with Crippen LogP contribution < -0.4 is 5.32 Å². The Kier molecular flexibility index (Phi) is 2.01. The third kappa shape index (κ3) is 1.34. The van der Waals surface area contributed by atoms with Gasteiger partial charge < -0.3 is 10.2 Å². The predicted octanol–water partition coefficient (Wildman–Crippen LogP) is 0.607. The summed E-state index contributed by atoms with van der Waals surface area (Å²) in [6.07, 6.45) is 4.82. The minimum Gasteiger partial charge on any atom is -0.341 e. The summed E-state index contributed by atoms with van der Waals surface area (Å²) in [6, 6.07) is 0.595. The van der Waals surface area contributed by atoms with Crippen LogP contribution in [0.25, 0.3) is 0 Å². The van der Waals surface area contributed by atoms with Crippen LogP contribution in [0.2, 0.25) is 0 Å². The molecule has 3 nitrogen and oxygen atoms in total. The van der Waals surface area contributed by atoms with E-state index < -0.39 is 0 Å². The molecule has 14 heavy (non-hydrogen) atoms. The third-order valence-corrected chi connectivity index (χ3v) is 4.00. The van der Waals surface area contributed by atoms with Crippen molar-refractivity contribution in [3.63, 3.8) is 0 Å². The van der Waals surface area contributed by atoms with Crippen molar-refractivity contribution in [2.75, 3.05) is 19.6 Å². The highest BCUT2D eigenvalue weighted by Crippen LogP contribution is 2.31. The van der Waals surface area contributed by atoms with Crippen LogP contribution in [0.4, 0.5) is 0 Å². The number of amides is 1. The van der Waals surface area contributed by atoms with Gasteiger partial charge in [-0.1, -0.05) is 6.42 Å². The maximum Gasteiger partial charge on any atom is 0.225 e. The minimum absolute atomic E-state index is 0.382. The average molecular weight is 194 g/mol. The highest BCUT2D eigenvalue weighted by Gasteiger charge is 2.37. The molecule has 2 heterocycles. The zero-order valence-corrected chi connectivity index (χ0v) is 8.54. The molecule has 0 aromatic carbocycles. The number of nitrogens with zero attached hydrogens (tertiary/aromatic N) is 1. The van der Waals surface area contributed by atoms with Crippen molar-refractivity contribution in [2.45, 2.75) is 31.7 Å². The van der Waals surface area contributed by atoms with Gasteiger partial charge in [0.25, 0.3) is 0 Å². The summed E-state index contributed by atoms with van der Waals surface area (Å²) in [7, 11) is 0. The number of fused-ring (bicyclic) bond motifs is 2. The molecule has 3 rings (SSSR count). The first-order valence-corrected chi connectivity index (χ1v) is 5.85. The third-order valence-electron chi connectivity index (χ3n) is 4.00. The van der Waals surface area contributed by atoms with Crippen molar-refractivity contribution < 1.29 is 4.79 Å². The number of carbonyl (C=O) groups is 1. The van der Waals surface area contributed by atoms with Crippen LogP contribution in [0.5, 0.6) is 0 Å². The molecule has 0 aromatic heterocycles. The lowest BCUT2D eigenvalue weighted by atomic mass is 9.83. The normalized spacial score (nSPS) is 37.0. The van der Waals surface area contributed by atoms with Crippen molar-refractivity contribution in [1.82, 2.24) is 10.2 Å². The molecule has 3 heteroatoms. The maximum absolute atomic E-state index is 12.0. The highest BCUT2D eigenvalue weighted by molar-refractivity contribution is 5.79. The van der Waals surface area contributed by atoms with Crippen molar-refractivity contribution in [3.05, 3.63) is 0 Å². The Hall–Kier alpha value is -0.570. The molecule has 1 N–H and O–H groups in total. The molecule has 2 aliphatic heterocycles. The molecule has 2 atom stereocenters. The van der Waals surface area contributed by atoms with Crippen molar-refractivity contribution >= 4 is 5.91 Å². The standard InChI is InChI=1S/C11H18N2O/c14-11(9-2-1-3-9)13-6-8-4-10(7-13)12-5-8/h8-10,12H,1-7H2/t8-,10-/m1/s1. The second-order valence-corrected chi connectivity index (χ2v) is 5.08. The summed E-state index contributed by atoms with van der Waals surface area (Å²) in [5.74, 6) is 1.56. The van der Waals surface area contributed by atoms with E-state index in [1.807, 2.05) is 0 Å². The lowest BCUT2D eigenvalue weighted by Crippen LogP contribution is -2.47. The molecular weight excluding hydrogens is 176 g/mol. The molecule has 0 spiro atoms. The van der Waals surface area contributed by atoms with Gasteiger partial charge in [-0.15, -0.1) is 0 Å². The Morgan fingerprint density at radius 3 is 2.79 bits per heavy atom. The second-order valence-electron chi connectivity index (χ2n) is 5.08. The van der Waals surface area contributed by atoms with Gasteiger partial charge in [-0.3, -0.25) is 4.79 Å². The average Bonchev–Trinajstić information content (AvgIpc) is 2.42. The minimum atomic E-state index is 0.382. The Morgan fingerprint density at radius 2 is 2.14 bits per heavy atom. The number of nitrogens with one attached hydrogen (secondary N) is 1. The van der Waals surface area contributed by atoms with Crippen molar-refractivity contribution in [3.8, 4) is 0 Å². The predicted molar refractivity (Wildman–Crippen MR) is 53.8 cm³/mol. The fraction of sp³-hybridized carbons (Fsp3) is 0.909. The van der Waals surface area contributed by atoms with Gasteiger partial charge in [-0.05, 0) is 25.2 Å². The Balaban J connectivity index is 1.64. The van der Waals surface area contributed by atoms with Crippen molar-refractivity contribution in [1.29, 1.82) is 0 Å². The van der Waals surface area contributed by atoms with E-state index in [1.165, 1.54) is 12.8 Å². The molecule has 1 amide bonds. The maximum atomic E-state index is 12.0. The van der Waals surface area contributed by atoms with E-state index in [2.05, 4.69) is 10.2 Å². The second kappa shape index (κ2) is 3.23. The van der Waals surface area contributed by atoms with E-state index in [-0.39, 0.29) is 0 Å². The fourth-order valence-corrected chi connectivity index (χ4v) is 2.93. The van der Waals surface area contributed by atoms with Crippen LogP contribution in [0, 0.1) is 11.8 Å². The number of likely N-dealkylation sites (tertiary alicyclic amines) is 1. The quantitative estimate of drug-likeness (QED) is 0.663. The summed E-state index contributed by atoms with van der Waals surface area (Å²) in [5.41, 5.74) is 0. The topological polar surface area (TPSA) is 32.3 Å². The Bertz CT molecular complexity index is 238. The number of piperidine rings is 1. The monoisotopic (exact) mass is 194 g/mol. The lowest BCUT2D eigenvalue weighted by molar-refractivity contribution is -0.139. The molecule has 3 fully saturated rings. The fourth-order valence-electron chi connectivity index (χ4n) is 2.93. The van der Waals surface area contributed by atoms with E-state index >= 15 is 0 Å². The zero-order valence-electron chi connectivity index (χ0n) is 8.54. The first-order chi connectivity index (χ1) is 6.83. The van der Waals surface area contributed by atoms with Gasteiger partial charge in [0.15, 0.2) is 0 Å². The molecular formula is C11H18N2O. The summed E-state index contributed by atoms with van der Waals surface area (Å²) in [5, 5.41) is 3.48. The summed E-state index contributed by atoms with van der Waals surface area (Å²) >= 11 is 0. The van der Waals surface area contributed by atoms with E-state index in [0.29, 0.717) is 17.9 Å². The Morgan fingerprint density at radius 1 is 1.29 bits per heavy atom. The Labute approximate surface area is 84.8 Å². The highest BCUT2D eigenvalue weighted by atomic mass is 16.2. The first-order valence-electron chi connectivity index (χ1n) is 5.85. The van der Waals surface area contributed by atoms with Gasteiger partial charge in [-0.2, -0.15) is 0 Å². The summed E-state index contributed by atoms with van der Waals surface area (Å²) in [4.78, 5) is 14.1. The van der Waals surface area contributed by atoms with Crippen LogP contribution in [0.3, 0.4) is 0 Å². The van der Waals surface area contributed by atoms with Crippen LogP contribution >= 0.6 is 0 Å². The number of hydrogen-bond donors (Lipinski definition) is 1. The number of hydrogen-bond acceptors (Lipinski definition) is 2. The largest absolute Gasteiger partial charge is 0.341 e. The number of rotatable bonds is 1. The van der Waals surface area contributed by atoms with Gasteiger partial charge in [-0.25, -0.2) is 0 Å². The molecule has 2 bridgehead atoms. The molecule has 2 saturated heterocycles. The van der Waals surface area contributed by atoms with Gasteiger partial charge in [0, 0.05) is 31.6 Å². The van der Waals surface area contributed by atoms with Crippen LogP contribution in [-0.2, 0) is 4.79 Å². The van der Waals surface area contributed by atoms with Crippen LogP contribution in [0.1, 0.15) is 25.7 Å². The van der Waals surface area contributed by atoms with E-state index in [4.69, 9.17) is 0 Å². The smallest absolute Gasteiger partial charge is 0.225 e. The summed E-state index contributed by atoms with van der Waals surface area (Å²) < 4.78 is 0. The molecule has 1 saturated carbocycles. The van der Waals surface area contributed by atoms with E-state index in [0.717, 1.165) is 38.4 Å². The van der Waals surface area contributed by atoms with Gasteiger partial charge >= 0.3 is 0 Å². The van der Waals surface area contributed by atoms with Crippen molar-refractivity contribution in [2.24, 2.45) is 11.8 Å². The molecule has 0 unspecified atom stereocenters. The molecule has 3 aliphatic rings. The lowest BCUT2D eigenvalue weighted by Gasteiger charge is -2.36. The molecule has 0 aromatic rings. The molecule has 78 valence electrons. The zero-order chi connectivity index (χ0) is 9.54.